The van der Waals surface area contributed by atoms with Gasteiger partial charge in [0.15, 0.2) is 0 Å². The zero-order valence-electron chi connectivity index (χ0n) is 11.0. The Morgan fingerprint density at radius 1 is 1.39 bits per heavy atom. The van der Waals surface area contributed by atoms with E-state index in [0.29, 0.717) is 18.8 Å². The molecule has 18 heavy (non-hydrogen) atoms. The van der Waals surface area contributed by atoms with Gasteiger partial charge in [0.1, 0.15) is 11.5 Å². The molecule has 3 heteroatoms. The number of aryl methyl sites for hydroxylation is 1. The lowest BCUT2D eigenvalue weighted by Gasteiger charge is -2.07. The Morgan fingerprint density at radius 3 is 2.67 bits per heavy atom. The van der Waals surface area contributed by atoms with E-state index in [1.165, 1.54) is 5.56 Å². The van der Waals surface area contributed by atoms with Gasteiger partial charge in [-0.1, -0.05) is 12.1 Å². The van der Waals surface area contributed by atoms with Crippen LogP contribution in [-0.2, 0) is 16.0 Å². The van der Waals surface area contributed by atoms with E-state index in [0.717, 1.165) is 18.6 Å². The summed E-state index contributed by atoms with van der Waals surface area (Å²) in [6.45, 7) is 2.62. The van der Waals surface area contributed by atoms with Gasteiger partial charge in [0.05, 0.1) is 19.8 Å². The number of ketones is 1. The Labute approximate surface area is 108 Å². The highest BCUT2D eigenvalue weighted by molar-refractivity contribution is 5.81. The molecular weight excluding hydrogens is 228 g/mol. The molecule has 0 saturated carbocycles. The van der Waals surface area contributed by atoms with Crippen LogP contribution >= 0.6 is 0 Å². The molecule has 2 rings (SSSR count). The van der Waals surface area contributed by atoms with E-state index in [-0.39, 0.29) is 12.0 Å². The average Bonchev–Trinajstić information content (AvgIpc) is 2.83. The number of hydrogen-bond donors (Lipinski definition) is 0. The van der Waals surface area contributed by atoms with E-state index in [4.69, 9.17) is 9.47 Å². The summed E-state index contributed by atoms with van der Waals surface area (Å²) in [5.74, 6) is 1.29. The Balaban J connectivity index is 1.81. The minimum Gasteiger partial charge on any atom is -0.497 e. The zero-order chi connectivity index (χ0) is 13.0. The third kappa shape index (κ3) is 3.33. The highest BCUT2D eigenvalue weighted by Gasteiger charge is 2.27. The van der Waals surface area contributed by atoms with Crippen molar-refractivity contribution in [2.75, 3.05) is 13.7 Å². The molecule has 2 atom stereocenters. The van der Waals surface area contributed by atoms with Crippen LogP contribution in [0.3, 0.4) is 0 Å². The Kier molecular flexibility index (Phi) is 4.37. The molecule has 1 saturated heterocycles. The van der Waals surface area contributed by atoms with Crippen LogP contribution in [0.2, 0.25) is 0 Å². The van der Waals surface area contributed by atoms with Crippen LogP contribution in [0.25, 0.3) is 0 Å². The molecule has 0 bridgehead atoms. The van der Waals surface area contributed by atoms with Crippen LogP contribution in [0.1, 0.15) is 25.3 Å². The number of benzene rings is 1. The van der Waals surface area contributed by atoms with E-state index in [1.807, 2.05) is 31.2 Å². The lowest BCUT2D eigenvalue weighted by atomic mass is 9.96. The monoisotopic (exact) mass is 248 g/mol. The molecule has 1 aromatic carbocycles. The summed E-state index contributed by atoms with van der Waals surface area (Å²) in [5, 5.41) is 0. The molecule has 0 amide bonds. The van der Waals surface area contributed by atoms with Crippen molar-refractivity contribution in [2.45, 2.75) is 32.3 Å². The molecular formula is C15H20O3. The van der Waals surface area contributed by atoms with Crippen LogP contribution in [0, 0.1) is 5.92 Å². The van der Waals surface area contributed by atoms with Crippen molar-refractivity contribution in [3.05, 3.63) is 29.8 Å². The second kappa shape index (κ2) is 6.01. The highest BCUT2D eigenvalue weighted by Crippen LogP contribution is 2.22. The van der Waals surface area contributed by atoms with Crippen molar-refractivity contribution in [3.8, 4) is 5.75 Å². The zero-order valence-corrected chi connectivity index (χ0v) is 11.0. The van der Waals surface area contributed by atoms with Gasteiger partial charge in [0.2, 0.25) is 0 Å². The van der Waals surface area contributed by atoms with Gasteiger partial charge in [-0.15, -0.1) is 0 Å². The smallest absolute Gasteiger partial charge is 0.138 e. The molecule has 3 nitrogen and oxygen atoms in total. The number of ether oxygens (including phenoxy) is 2. The average molecular weight is 248 g/mol. The third-order valence-corrected chi connectivity index (χ3v) is 3.47. The van der Waals surface area contributed by atoms with Crippen molar-refractivity contribution in [2.24, 2.45) is 5.92 Å². The SMILES string of the molecule is COc1ccc(CCC(=O)C2COC(C)C2)cc1. The highest BCUT2D eigenvalue weighted by atomic mass is 16.5. The molecule has 1 fully saturated rings. The topological polar surface area (TPSA) is 35.5 Å². The van der Waals surface area contributed by atoms with Gasteiger partial charge in [-0.05, 0) is 37.5 Å². The lowest BCUT2D eigenvalue weighted by molar-refractivity contribution is -0.122. The second-order valence-electron chi connectivity index (χ2n) is 4.89. The summed E-state index contributed by atoms with van der Waals surface area (Å²) in [6, 6.07) is 7.89. The number of carbonyl (C=O) groups excluding carboxylic acids is 1. The van der Waals surface area contributed by atoms with Gasteiger partial charge in [0, 0.05) is 12.3 Å². The molecule has 0 aliphatic carbocycles. The lowest BCUT2D eigenvalue weighted by Crippen LogP contribution is -2.15. The van der Waals surface area contributed by atoms with Crippen molar-refractivity contribution in [1.29, 1.82) is 0 Å². The summed E-state index contributed by atoms with van der Waals surface area (Å²) in [6.07, 6.45) is 2.52. The van der Waals surface area contributed by atoms with E-state index < -0.39 is 0 Å². The molecule has 1 aromatic rings. The first kappa shape index (κ1) is 13.1. The van der Waals surface area contributed by atoms with E-state index in [1.54, 1.807) is 7.11 Å². The van der Waals surface area contributed by atoms with Crippen LogP contribution in [0.4, 0.5) is 0 Å². The predicted molar refractivity (Wildman–Crippen MR) is 69.8 cm³/mol. The summed E-state index contributed by atoms with van der Waals surface area (Å²) >= 11 is 0. The Bertz CT molecular complexity index is 397. The van der Waals surface area contributed by atoms with Crippen molar-refractivity contribution in [1.82, 2.24) is 0 Å². The Morgan fingerprint density at radius 2 is 2.11 bits per heavy atom. The predicted octanol–water partition coefficient (Wildman–Crippen LogP) is 2.62. The second-order valence-corrected chi connectivity index (χ2v) is 4.89. The van der Waals surface area contributed by atoms with Crippen LogP contribution in [0.15, 0.2) is 24.3 Å². The number of hydrogen-bond acceptors (Lipinski definition) is 3. The molecule has 1 aliphatic rings. The van der Waals surface area contributed by atoms with Gasteiger partial charge in [0.25, 0.3) is 0 Å². The summed E-state index contributed by atoms with van der Waals surface area (Å²) < 4.78 is 10.5. The largest absolute Gasteiger partial charge is 0.497 e. The molecule has 2 unspecified atom stereocenters. The maximum Gasteiger partial charge on any atom is 0.138 e. The van der Waals surface area contributed by atoms with Crippen molar-refractivity contribution < 1.29 is 14.3 Å². The third-order valence-electron chi connectivity index (χ3n) is 3.47. The molecule has 1 heterocycles. The molecule has 0 aromatic heterocycles. The first-order chi connectivity index (χ1) is 8.69. The van der Waals surface area contributed by atoms with Gasteiger partial charge in [-0.3, -0.25) is 4.79 Å². The molecule has 1 aliphatic heterocycles. The summed E-state index contributed by atoms with van der Waals surface area (Å²) in [4.78, 5) is 12.0. The first-order valence-corrected chi connectivity index (χ1v) is 6.46. The summed E-state index contributed by atoms with van der Waals surface area (Å²) in [5.41, 5.74) is 1.18. The maximum atomic E-state index is 12.0. The number of rotatable bonds is 5. The minimum atomic E-state index is 0.109. The fourth-order valence-corrected chi connectivity index (χ4v) is 2.31. The van der Waals surface area contributed by atoms with Gasteiger partial charge in [-0.25, -0.2) is 0 Å². The minimum absolute atomic E-state index is 0.109. The van der Waals surface area contributed by atoms with Gasteiger partial charge >= 0.3 is 0 Å². The van der Waals surface area contributed by atoms with E-state index >= 15 is 0 Å². The first-order valence-electron chi connectivity index (χ1n) is 6.46. The van der Waals surface area contributed by atoms with Crippen LogP contribution < -0.4 is 4.74 Å². The van der Waals surface area contributed by atoms with Crippen LogP contribution in [0.5, 0.6) is 5.75 Å². The molecule has 0 N–H and O–H groups in total. The van der Waals surface area contributed by atoms with Crippen molar-refractivity contribution >= 4 is 5.78 Å². The van der Waals surface area contributed by atoms with Crippen LogP contribution in [-0.4, -0.2) is 25.6 Å². The maximum absolute atomic E-state index is 12.0. The van der Waals surface area contributed by atoms with Gasteiger partial charge < -0.3 is 9.47 Å². The standard InChI is InChI=1S/C15H20O3/c1-11-9-13(10-18-11)15(16)8-5-12-3-6-14(17-2)7-4-12/h3-4,6-7,11,13H,5,8-10H2,1-2H3. The van der Waals surface area contributed by atoms with E-state index in [9.17, 15) is 4.79 Å². The fraction of sp³-hybridized carbons (Fsp3) is 0.533. The quantitative estimate of drug-likeness (QED) is 0.803. The number of methoxy groups -OCH3 is 1. The number of carbonyl (C=O) groups is 1. The fourth-order valence-electron chi connectivity index (χ4n) is 2.31. The number of Topliss-reactive ketones (excluding diaryl/α,β-unsaturated/α-hetero) is 1. The van der Waals surface area contributed by atoms with Crippen molar-refractivity contribution in [3.63, 3.8) is 0 Å². The van der Waals surface area contributed by atoms with Gasteiger partial charge in [-0.2, -0.15) is 0 Å². The Hall–Kier alpha value is -1.35. The molecule has 98 valence electrons. The molecule has 0 radical (unpaired) electrons. The summed E-state index contributed by atoms with van der Waals surface area (Å²) in [7, 11) is 1.65. The molecule has 0 spiro atoms. The normalized spacial score (nSPS) is 23.0. The van der Waals surface area contributed by atoms with E-state index in [2.05, 4.69) is 0 Å².